The molecule has 6 nitrogen and oxygen atoms in total. The van der Waals surface area contributed by atoms with Gasteiger partial charge in [0.05, 0.1) is 0 Å². The van der Waals surface area contributed by atoms with E-state index in [9.17, 15) is 16.8 Å². The number of hydrogen-bond donors (Lipinski definition) is 2. The van der Waals surface area contributed by atoms with Crippen LogP contribution in [-0.2, 0) is 26.6 Å². The van der Waals surface area contributed by atoms with E-state index in [-0.39, 0.29) is 6.42 Å². The van der Waals surface area contributed by atoms with Gasteiger partial charge in [0.15, 0.2) is 0 Å². The molecule has 1 aliphatic carbocycles. The molecule has 2 aromatic carbocycles. The van der Waals surface area contributed by atoms with E-state index in [4.69, 9.17) is 9.69 Å². The highest BCUT2D eigenvalue weighted by atomic mass is 32.3. The third kappa shape index (κ3) is 5.36. The second-order valence-corrected chi connectivity index (χ2v) is 9.73. The first-order valence-corrected chi connectivity index (χ1v) is 11.1. The van der Waals surface area contributed by atoms with Crippen LogP contribution in [0.4, 0.5) is 0 Å². The molecular formula is C19H21NO5S2. The van der Waals surface area contributed by atoms with Gasteiger partial charge in [0.25, 0.3) is 10.1 Å². The minimum absolute atomic E-state index is 0.388. The molecular weight excluding hydrogens is 386 g/mol. The maximum atomic E-state index is 11.1. The fourth-order valence-electron chi connectivity index (χ4n) is 2.56. The summed E-state index contributed by atoms with van der Waals surface area (Å²) in [6.45, 7) is 0. The summed E-state index contributed by atoms with van der Waals surface area (Å²) in [5.74, 6) is 0. The number of hydrogen-bond acceptors (Lipinski definition) is 4. The molecule has 0 fully saturated rings. The molecule has 8 heteroatoms. The Labute approximate surface area is 159 Å². The smallest absolute Gasteiger partial charge is 0.284 e. The van der Waals surface area contributed by atoms with E-state index in [1.54, 1.807) is 0 Å². The van der Waals surface area contributed by atoms with Gasteiger partial charge in [0.1, 0.15) is 0 Å². The number of nitrogens with two attached hydrogens (primary N) is 1. The Hall–Kier alpha value is -2.26. The minimum Gasteiger partial charge on any atom is -0.284 e. The monoisotopic (exact) mass is 407 g/mol. The summed E-state index contributed by atoms with van der Waals surface area (Å²) in [6.07, 6.45) is 5.48. The first-order valence-electron chi connectivity index (χ1n) is 8.07. The zero-order valence-corrected chi connectivity index (χ0v) is 16.1. The molecule has 1 aliphatic rings. The molecule has 3 N–H and O–H groups in total. The molecule has 3 rings (SSSR count). The third-order valence-electron chi connectivity index (χ3n) is 4.01. The maximum Gasteiger partial charge on any atom is 0.290 e. The van der Waals surface area contributed by atoms with Crippen molar-refractivity contribution in [3.05, 3.63) is 96.1 Å². The lowest BCUT2D eigenvalue weighted by Gasteiger charge is -2.24. The number of allylic oxidation sites excluding steroid dienone is 3. The Morgan fingerprint density at radius 2 is 1.33 bits per heavy atom. The third-order valence-corrected chi connectivity index (χ3v) is 7.78. The van der Waals surface area contributed by atoms with Crippen molar-refractivity contribution >= 4 is 20.1 Å². The number of primary sulfonamides is 1. The summed E-state index contributed by atoms with van der Waals surface area (Å²) in [7, 11) is -9.22. The maximum absolute atomic E-state index is 11.1. The van der Waals surface area contributed by atoms with Crippen molar-refractivity contribution in [2.75, 3.05) is 0 Å². The average Bonchev–Trinajstić information content (AvgIpc) is 2.63. The minimum atomic E-state index is -4.80. The van der Waals surface area contributed by atoms with Crippen LogP contribution in [0.1, 0.15) is 17.5 Å². The van der Waals surface area contributed by atoms with Gasteiger partial charge in [-0.1, -0.05) is 78.9 Å². The fraction of sp³-hybridized carbons (Fsp3) is 0.158. The van der Waals surface area contributed by atoms with Crippen LogP contribution in [0, 0.1) is 0 Å². The van der Waals surface area contributed by atoms with E-state index in [0.29, 0.717) is 0 Å². The van der Waals surface area contributed by atoms with Crippen LogP contribution < -0.4 is 5.14 Å². The molecule has 0 aliphatic heterocycles. The molecule has 0 heterocycles. The molecule has 0 radical (unpaired) electrons. The molecule has 0 bridgehead atoms. The zero-order valence-electron chi connectivity index (χ0n) is 14.5. The van der Waals surface area contributed by atoms with Crippen LogP contribution in [0.3, 0.4) is 0 Å². The molecule has 0 amide bonds. The van der Waals surface area contributed by atoms with Crippen LogP contribution >= 0.6 is 0 Å². The molecule has 144 valence electrons. The molecule has 2 aromatic rings. The Morgan fingerprint density at radius 3 is 1.63 bits per heavy atom. The van der Waals surface area contributed by atoms with Gasteiger partial charge in [-0.05, 0) is 23.6 Å². The lowest BCUT2D eigenvalue weighted by molar-refractivity contribution is 0.464. The predicted molar refractivity (Wildman–Crippen MR) is 106 cm³/mol. The Balaban J connectivity index is 0.000000194. The predicted octanol–water partition coefficient (Wildman–Crippen LogP) is 2.65. The van der Waals surface area contributed by atoms with E-state index in [1.807, 2.05) is 0 Å². The highest BCUT2D eigenvalue weighted by Gasteiger charge is 2.50. The molecule has 27 heavy (non-hydrogen) atoms. The van der Waals surface area contributed by atoms with Gasteiger partial charge < -0.3 is 0 Å². The van der Waals surface area contributed by atoms with Gasteiger partial charge in [-0.15, -0.1) is 0 Å². The average molecular weight is 408 g/mol. The molecule has 0 spiro atoms. The molecule has 1 unspecified atom stereocenters. The van der Waals surface area contributed by atoms with Gasteiger partial charge in [0, 0.05) is 6.42 Å². The lowest BCUT2D eigenvalue weighted by Crippen LogP contribution is -2.48. The summed E-state index contributed by atoms with van der Waals surface area (Å²) in [5.41, 5.74) is 2.74. The lowest BCUT2D eigenvalue weighted by atomic mass is 10.1. The first-order chi connectivity index (χ1) is 12.7. The van der Waals surface area contributed by atoms with Gasteiger partial charge >= 0.3 is 0 Å². The summed E-state index contributed by atoms with van der Waals surface area (Å²) in [5, 5.41) is 4.78. The van der Waals surface area contributed by atoms with Crippen LogP contribution in [0.2, 0.25) is 0 Å². The standard InChI is InChI=1S/C13H12.C6H9NO5S2/c1-3-7-12(8-4-1)11-13-9-5-2-6-10-13;7-13(8,9)6(14(10,11)12)4-2-1-3-5-6/h1-10H,11H2;1-4H,5H2,(H2,7,8,9)(H,10,11,12). The van der Waals surface area contributed by atoms with Crippen LogP contribution in [0.5, 0.6) is 0 Å². The van der Waals surface area contributed by atoms with Crippen LogP contribution in [0.25, 0.3) is 0 Å². The van der Waals surface area contributed by atoms with Gasteiger partial charge in [-0.25, -0.2) is 13.6 Å². The summed E-state index contributed by atoms with van der Waals surface area (Å²) in [4.78, 5) is 0. The summed E-state index contributed by atoms with van der Waals surface area (Å²) >= 11 is 0. The van der Waals surface area contributed by atoms with Crippen molar-refractivity contribution in [1.29, 1.82) is 0 Å². The van der Waals surface area contributed by atoms with Crippen molar-refractivity contribution < 1.29 is 21.4 Å². The molecule has 0 saturated heterocycles. The Kier molecular flexibility index (Phi) is 6.72. The number of sulfonamides is 1. The number of rotatable bonds is 4. The van der Waals surface area contributed by atoms with Crippen LogP contribution in [-0.4, -0.2) is 25.5 Å². The highest BCUT2D eigenvalue weighted by Crippen LogP contribution is 2.30. The van der Waals surface area contributed by atoms with Crippen LogP contribution in [0.15, 0.2) is 85.0 Å². The molecule has 0 saturated carbocycles. The second kappa shape index (κ2) is 8.62. The second-order valence-electron chi connectivity index (χ2n) is 5.97. The summed E-state index contributed by atoms with van der Waals surface area (Å²) in [6, 6.07) is 21.1. The van der Waals surface area contributed by atoms with Gasteiger partial charge in [-0.2, -0.15) is 8.42 Å². The van der Waals surface area contributed by atoms with E-state index in [2.05, 4.69) is 60.7 Å². The number of benzene rings is 2. The van der Waals surface area contributed by atoms with Crippen molar-refractivity contribution in [3.8, 4) is 0 Å². The quantitative estimate of drug-likeness (QED) is 0.756. The highest BCUT2D eigenvalue weighted by molar-refractivity contribution is 8.07. The summed E-state index contributed by atoms with van der Waals surface area (Å²) < 4.78 is 50.6. The van der Waals surface area contributed by atoms with Crippen molar-refractivity contribution in [3.63, 3.8) is 0 Å². The van der Waals surface area contributed by atoms with Crippen molar-refractivity contribution in [1.82, 2.24) is 0 Å². The van der Waals surface area contributed by atoms with E-state index in [0.717, 1.165) is 12.5 Å². The largest absolute Gasteiger partial charge is 0.290 e. The first kappa shape index (κ1) is 21.0. The van der Waals surface area contributed by atoms with Gasteiger partial charge in [-0.3, -0.25) is 4.55 Å². The Morgan fingerprint density at radius 1 is 0.852 bits per heavy atom. The molecule has 0 aromatic heterocycles. The van der Waals surface area contributed by atoms with E-state index >= 15 is 0 Å². The molecule has 1 atom stereocenters. The van der Waals surface area contributed by atoms with Gasteiger partial charge in [0.2, 0.25) is 14.1 Å². The van der Waals surface area contributed by atoms with E-state index < -0.39 is 24.2 Å². The van der Waals surface area contributed by atoms with Crippen molar-refractivity contribution in [2.24, 2.45) is 5.14 Å². The zero-order chi connectivity index (χ0) is 20.0. The SMILES string of the molecule is NS(=O)(=O)C1(S(=O)(=O)O)C=CC=CC1.c1ccc(Cc2ccccc2)cc1. The van der Waals surface area contributed by atoms with E-state index in [1.165, 1.54) is 29.4 Å². The topological polar surface area (TPSA) is 115 Å². The fourth-order valence-corrected chi connectivity index (χ4v) is 4.89. The Bertz CT molecular complexity index is 943. The van der Waals surface area contributed by atoms with Crippen molar-refractivity contribution in [2.45, 2.75) is 16.9 Å². The normalized spacial score (nSPS) is 19.2.